The molecular weight excluding hydrogens is 448 g/mol. The van der Waals surface area contributed by atoms with E-state index in [1.165, 1.54) is 6.92 Å². The molecule has 2 N–H and O–H groups in total. The smallest absolute Gasteiger partial charge is 0.252 e. The maximum Gasteiger partial charge on any atom is 0.252 e. The molecule has 2 amide bonds. The number of nitrogens with one attached hydrogen (secondary N) is 2. The summed E-state index contributed by atoms with van der Waals surface area (Å²) in [5, 5.41) is 7.65. The van der Waals surface area contributed by atoms with Gasteiger partial charge in [-0.2, -0.15) is 0 Å². The molecule has 0 saturated carbocycles. The van der Waals surface area contributed by atoms with Crippen molar-refractivity contribution in [1.82, 2.24) is 10.6 Å². The van der Waals surface area contributed by atoms with Gasteiger partial charge in [0.15, 0.2) is 5.78 Å². The average molecular weight is 477 g/mol. The lowest BCUT2D eigenvalue weighted by Gasteiger charge is -2.20. The van der Waals surface area contributed by atoms with E-state index in [-0.39, 0.29) is 24.1 Å². The van der Waals surface area contributed by atoms with Crippen LogP contribution in [0.15, 0.2) is 104 Å². The van der Waals surface area contributed by atoms with Crippen LogP contribution < -0.4 is 10.6 Å². The highest BCUT2D eigenvalue weighted by Gasteiger charge is 2.23. The highest BCUT2D eigenvalue weighted by atomic mass is 16.2. The number of rotatable bonds is 9. The van der Waals surface area contributed by atoms with E-state index in [4.69, 9.17) is 0 Å². The number of carbonyl (C=O) groups is 3. The summed E-state index contributed by atoms with van der Waals surface area (Å²) in [6.07, 6.45) is 0.318. The minimum atomic E-state index is -0.797. The van der Waals surface area contributed by atoms with Gasteiger partial charge in [-0.25, -0.2) is 0 Å². The van der Waals surface area contributed by atoms with Crippen molar-refractivity contribution in [2.45, 2.75) is 19.4 Å². The summed E-state index contributed by atoms with van der Waals surface area (Å²) in [6.45, 7) is 5.48. The third kappa shape index (κ3) is 5.94. The predicted octanol–water partition coefficient (Wildman–Crippen LogP) is 4.95. The second-order valence-corrected chi connectivity index (χ2v) is 8.68. The fraction of sp³-hybridized carbons (Fsp3) is 0.129. The Morgan fingerprint density at radius 3 is 2.14 bits per heavy atom. The van der Waals surface area contributed by atoms with Crippen molar-refractivity contribution in [2.75, 3.05) is 6.54 Å². The van der Waals surface area contributed by atoms with Gasteiger partial charge in [0.25, 0.3) is 5.91 Å². The predicted molar refractivity (Wildman–Crippen MR) is 144 cm³/mol. The molecule has 0 radical (unpaired) electrons. The van der Waals surface area contributed by atoms with Gasteiger partial charge < -0.3 is 10.6 Å². The number of amides is 2. The zero-order valence-electron chi connectivity index (χ0n) is 20.2. The summed E-state index contributed by atoms with van der Waals surface area (Å²) >= 11 is 0. The number of carbonyl (C=O) groups excluding carboxylic acids is 3. The van der Waals surface area contributed by atoms with Gasteiger partial charge in [0.2, 0.25) is 5.91 Å². The molecule has 5 heteroatoms. The number of fused-ring (bicyclic) bond motifs is 1. The molecule has 0 bridgehead atoms. The van der Waals surface area contributed by atoms with E-state index in [0.717, 1.165) is 27.5 Å². The zero-order chi connectivity index (χ0) is 25.5. The van der Waals surface area contributed by atoms with Crippen molar-refractivity contribution in [3.8, 4) is 0 Å². The lowest BCUT2D eigenvalue weighted by atomic mass is 9.93. The summed E-state index contributed by atoms with van der Waals surface area (Å²) in [7, 11) is 0. The van der Waals surface area contributed by atoms with Crippen LogP contribution in [0, 0.1) is 0 Å². The summed E-state index contributed by atoms with van der Waals surface area (Å²) in [4.78, 5) is 37.8. The summed E-state index contributed by atoms with van der Waals surface area (Å²) in [6, 6.07) is 30.1. The molecular formula is C31H28N2O3. The molecule has 5 nitrogen and oxygen atoms in total. The van der Waals surface area contributed by atoms with Crippen LogP contribution in [0.4, 0.5) is 0 Å². The largest absolute Gasteiger partial charge is 0.349 e. The van der Waals surface area contributed by atoms with E-state index in [9.17, 15) is 14.4 Å². The SMILES string of the molecule is C=C(c1ccc2ccccc2c1)c1ccccc1C(=O)N[C@@H](Cc1ccccc1)C(=O)CNC(C)=O. The van der Waals surface area contributed by atoms with E-state index in [1.54, 1.807) is 12.1 Å². The van der Waals surface area contributed by atoms with Crippen LogP contribution in [0.5, 0.6) is 0 Å². The van der Waals surface area contributed by atoms with Gasteiger partial charge >= 0.3 is 0 Å². The molecule has 0 fully saturated rings. The van der Waals surface area contributed by atoms with Crippen LogP contribution in [-0.4, -0.2) is 30.2 Å². The molecule has 1 atom stereocenters. The van der Waals surface area contributed by atoms with E-state index in [0.29, 0.717) is 17.5 Å². The van der Waals surface area contributed by atoms with Crippen molar-refractivity contribution < 1.29 is 14.4 Å². The number of ketones is 1. The Balaban J connectivity index is 1.60. The number of Topliss-reactive ketones (excluding diaryl/α,β-unsaturated/α-hetero) is 1. The molecule has 0 aromatic heterocycles. The first-order valence-electron chi connectivity index (χ1n) is 11.8. The van der Waals surface area contributed by atoms with Gasteiger partial charge in [-0.3, -0.25) is 14.4 Å². The lowest BCUT2D eigenvalue weighted by Crippen LogP contribution is -2.46. The van der Waals surface area contributed by atoms with Gasteiger partial charge in [0.05, 0.1) is 12.6 Å². The monoisotopic (exact) mass is 476 g/mol. The highest BCUT2D eigenvalue weighted by Crippen LogP contribution is 2.27. The minimum absolute atomic E-state index is 0.154. The van der Waals surface area contributed by atoms with Gasteiger partial charge in [0, 0.05) is 12.5 Å². The highest BCUT2D eigenvalue weighted by molar-refractivity contribution is 6.03. The molecule has 0 aliphatic carbocycles. The Morgan fingerprint density at radius 2 is 1.42 bits per heavy atom. The zero-order valence-corrected chi connectivity index (χ0v) is 20.2. The van der Waals surface area contributed by atoms with E-state index in [2.05, 4.69) is 23.3 Å². The Bertz CT molecular complexity index is 1430. The number of hydrogen-bond donors (Lipinski definition) is 2. The first-order chi connectivity index (χ1) is 17.4. The molecule has 36 heavy (non-hydrogen) atoms. The standard InChI is InChI=1S/C31H28N2O3/c1-21(25-17-16-24-12-6-7-13-26(24)19-25)27-14-8-9-15-28(27)31(36)33-29(30(35)20-32-22(2)34)18-23-10-4-3-5-11-23/h3-17,19,29H,1,18,20H2,2H3,(H,32,34)(H,33,36)/t29-/m0/s1. The first kappa shape index (κ1) is 24.6. The van der Waals surface area contributed by atoms with Gasteiger partial charge in [-0.15, -0.1) is 0 Å². The topological polar surface area (TPSA) is 75.3 Å². The van der Waals surface area contributed by atoms with Crippen LogP contribution in [0.2, 0.25) is 0 Å². The summed E-state index contributed by atoms with van der Waals surface area (Å²) in [5.41, 5.74) is 3.67. The molecule has 0 aliphatic rings. The van der Waals surface area contributed by atoms with Crippen molar-refractivity contribution in [1.29, 1.82) is 0 Å². The molecule has 4 rings (SSSR count). The van der Waals surface area contributed by atoms with Crippen LogP contribution >= 0.6 is 0 Å². The van der Waals surface area contributed by atoms with Gasteiger partial charge in [-0.1, -0.05) is 91.5 Å². The van der Waals surface area contributed by atoms with Gasteiger partial charge in [0.1, 0.15) is 0 Å². The van der Waals surface area contributed by atoms with E-state index >= 15 is 0 Å². The molecule has 4 aromatic carbocycles. The minimum Gasteiger partial charge on any atom is -0.349 e. The molecule has 0 aliphatic heterocycles. The van der Waals surface area contributed by atoms with E-state index in [1.807, 2.05) is 78.9 Å². The Morgan fingerprint density at radius 1 is 0.778 bits per heavy atom. The molecule has 0 heterocycles. The maximum absolute atomic E-state index is 13.5. The fourth-order valence-electron chi connectivity index (χ4n) is 4.14. The molecule has 0 unspecified atom stereocenters. The summed E-state index contributed by atoms with van der Waals surface area (Å²) in [5.74, 6) is -0.942. The van der Waals surface area contributed by atoms with Crippen LogP contribution in [-0.2, 0) is 16.0 Å². The van der Waals surface area contributed by atoms with Crippen molar-refractivity contribution >= 4 is 33.9 Å². The Labute approximate surface area is 210 Å². The van der Waals surface area contributed by atoms with Crippen molar-refractivity contribution in [3.63, 3.8) is 0 Å². The normalized spacial score (nSPS) is 11.5. The fourth-order valence-corrected chi connectivity index (χ4v) is 4.14. The third-order valence-corrected chi connectivity index (χ3v) is 6.08. The van der Waals surface area contributed by atoms with Crippen LogP contribution in [0.25, 0.3) is 16.3 Å². The first-order valence-corrected chi connectivity index (χ1v) is 11.8. The number of hydrogen-bond acceptors (Lipinski definition) is 3. The molecule has 180 valence electrons. The number of benzene rings is 4. The molecule has 0 spiro atoms. The second-order valence-electron chi connectivity index (χ2n) is 8.68. The van der Waals surface area contributed by atoms with Crippen LogP contribution in [0.1, 0.15) is 34.0 Å². The van der Waals surface area contributed by atoms with E-state index < -0.39 is 6.04 Å². The lowest BCUT2D eigenvalue weighted by molar-refractivity contribution is -0.124. The molecule has 0 saturated heterocycles. The van der Waals surface area contributed by atoms with Gasteiger partial charge in [-0.05, 0) is 51.6 Å². The molecule has 4 aromatic rings. The maximum atomic E-state index is 13.5. The average Bonchev–Trinajstić information content (AvgIpc) is 2.91. The summed E-state index contributed by atoms with van der Waals surface area (Å²) < 4.78 is 0. The van der Waals surface area contributed by atoms with Crippen LogP contribution in [0.3, 0.4) is 0 Å². The third-order valence-electron chi connectivity index (χ3n) is 6.08. The van der Waals surface area contributed by atoms with Crippen molar-refractivity contribution in [2.24, 2.45) is 0 Å². The quantitative estimate of drug-likeness (QED) is 0.359. The Kier molecular flexibility index (Phi) is 7.71. The Hall–Kier alpha value is -4.51. The second kappa shape index (κ2) is 11.3. The van der Waals surface area contributed by atoms with Crippen molar-refractivity contribution in [3.05, 3.63) is 126 Å².